The highest BCUT2D eigenvalue weighted by atomic mass is 35.5. The van der Waals surface area contributed by atoms with Gasteiger partial charge in [-0.1, -0.05) is 22.8 Å². The fourth-order valence-electron chi connectivity index (χ4n) is 1.80. The first-order valence-electron chi connectivity index (χ1n) is 4.82. The van der Waals surface area contributed by atoms with Crippen molar-refractivity contribution in [2.24, 2.45) is 0 Å². The quantitative estimate of drug-likeness (QED) is 0.843. The minimum absolute atomic E-state index is 0.0944. The van der Waals surface area contributed by atoms with Crippen molar-refractivity contribution < 1.29 is 19.2 Å². The summed E-state index contributed by atoms with van der Waals surface area (Å²) >= 11 is 5.97. The zero-order valence-corrected chi connectivity index (χ0v) is 9.19. The van der Waals surface area contributed by atoms with Gasteiger partial charge in [0.05, 0.1) is 16.1 Å². The largest absolute Gasteiger partial charge is 0.486 e. The molecule has 0 saturated heterocycles. The standard InChI is InChI=1S/C11H6ClNO4/c12-7-3-1-2-5-9-6(4-16-10(5)7)8(11(14)15)13-17-9/h1-3H,4H2,(H,14,15). The summed E-state index contributed by atoms with van der Waals surface area (Å²) in [6, 6.07) is 5.18. The van der Waals surface area contributed by atoms with Crippen LogP contribution in [0.2, 0.25) is 5.02 Å². The van der Waals surface area contributed by atoms with E-state index in [1.54, 1.807) is 18.2 Å². The van der Waals surface area contributed by atoms with E-state index in [0.29, 0.717) is 27.7 Å². The Hall–Kier alpha value is -2.01. The highest BCUT2D eigenvalue weighted by molar-refractivity contribution is 6.32. The van der Waals surface area contributed by atoms with Crippen molar-refractivity contribution in [1.82, 2.24) is 5.16 Å². The number of rotatable bonds is 1. The van der Waals surface area contributed by atoms with E-state index in [1.807, 2.05) is 0 Å². The Morgan fingerprint density at radius 3 is 3.06 bits per heavy atom. The topological polar surface area (TPSA) is 72.6 Å². The molecule has 0 amide bonds. The molecule has 1 aliphatic rings. The van der Waals surface area contributed by atoms with Crippen LogP contribution >= 0.6 is 11.6 Å². The number of nitrogens with zero attached hydrogens (tertiary/aromatic N) is 1. The number of carboxylic acids is 1. The van der Waals surface area contributed by atoms with E-state index in [2.05, 4.69) is 5.16 Å². The van der Waals surface area contributed by atoms with Crippen molar-refractivity contribution in [2.45, 2.75) is 6.61 Å². The average molecular weight is 252 g/mol. The Balaban J connectivity index is 2.25. The maximum atomic E-state index is 10.9. The van der Waals surface area contributed by atoms with Crippen molar-refractivity contribution >= 4 is 17.6 Å². The Morgan fingerprint density at radius 2 is 2.29 bits per heavy atom. The zero-order valence-electron chi connectivity index (χ0n) is 8.44. The van der Waals surface area contributed by atoms with Gasteiger partial charge in [-0.15, -0.1) is 0 Å². The SMILES string of the molecule is O=C(O)c1noc2c1COc1c(Cl)cccc1-2. The van der Waals surface area contributed by atoms with Crippen LogP contribution in [-0.4, -0.2) is 16.2 Å². The molecule has 0 fully saturated rings. The summed E-state index contributed by atoms with van der Waals surface area (Å²) in [5.74, 6) is -0.231. The minimum Gasteiger partial charge on any atom is -0.486 e. The highest BCUT2D eigenvalue weighted by Crippen LogP contribution is 2.42. The maximum Gasteiger partial charge on any atom is 0.358 e. The summed E-state index contributed by atoms with van der Waals surface area (Å²) in [6.45, 7) is 0.0944. The Morgan fingerprint density at radius 1 is 1.47 bits per heavy atom. The second kappa shape index (κ2) is 3.49. The van der Waals surface area contributed by atoms with E-state index in [1.165, 1.54) is 0 Å². The number of aromatic nitrogens is 1. The van der Waals surface area contributed by atoms with E-state index in [0.717, 1.165) is 0 Å². The van der Waals surface area contributed by atoms with Gasteiger partial charge in [0.2, 0.25) is 0 Å². The predicted molar refractivity (Wildman–Crippen MR) is 58.2 cm³/mol. The summed E-state index contributed by atoms with van der Waals surface area (Å²) in [5, 5.41) is 12.9. The fourth-order valence-corrected chi connectivity index (χ4v) is 2.03. The van der Waals surface area contributed by atoms with Gasteiger partial charge in [0, 0.05) is 0 Å². The first kappa shape index (κ1) is 10.2. The van der Waals surface area contributed by atoms with Crippen molar-refractivity contribution in [3.8, 4) is 17.1 Å². The lowest BCUT2D eigenvalue weighted by molar-refractivity contribution is 0.0683. The summed E-state index contributed by atoms with van der Waals surface area (Å²) in [5.41, 5.74) is 0.941. The van der Waals surface area contributed by atoms with Crippen molar-refractivity contribution in [3.63, 3.8) is 0 Å². The maximum absolute atomic E-state index is 10.9. The molecule has 0 saturated carbocycles. The van der Waals surface area contributed by atoms with Crippen molar-refractivity contribution in [2.75, 3.05) is 0 Å². The molecule has 2 aromatic rings. The molecule has 0 unspecified atom stereocenters. The fraction of sp³-hybridized carbons (Fsp3) is 0.0909. The molecule has 0 bridgehead atoms. The molecular weight excluding hydrogens is 246 g/mol. The molecule has 86 valence electrons. The molecule has 1 aliphatic heterocycles. The first-order valence-corrected chi connectivity index (χ1v) is 5.20. The second-order valence-corrected chi connectivity index (χ2v) is 3.96. The number of carbonyl (C=O) groups is 1. The first-order chi connectivity index (χ1) is 8.18. The van der Waals surface area contributed by atoms with Crippen LogP contribution in [0.5, 0.6) is 5.75 Å². The van der Waals surface area contributed by atoms with Crippen LogP contribution < -0.4 is 4.74 Å². The van der Waals surface area contributed by atoms with E-state index in [9.17, 15) is 4.79 Å². The molecule has 2 heterocycles. The van der Waals surface area contributed by atoms with Crippen LogP contribution in [-0.2, 0) is 6.61 Å². The number of halogens is 1. The Bertz CT molecular complexity index is 620. The van der Waals surface area contributed by atoms with E-state index >= 15 is 0 Å². The summed E-state index contributed by atoms with van der Waals surface area (Å²) < 4.78 is 10.5. The van der Waals surface area contributed by atoms with Gasteiger partial charge < -0.3 is 14.4 Å². The number of benzene rings is 1. The lowest BCUT2D eigenvalue weighted by Crippen LogP contribution is -2.09. The monoisotopic (exact) mass is 251 g/mol. The third kappa shape index (κ3) is 1.39. The van der Waals surface area contributed by atoms with Crippen molar-refractivity contribution in [1.29, 1.82) is 0 Å². The highest BCUT2D eigenvalue weighted by Gasteiger charge is 2.29. The molecule has 1 aromatic carbocycles. The van der Waals surface area contributed by atoms with Gasteiger partial charge in [0.1, 0.15) is 12.4 Å². The van der Waals surface area contributed by atoms with Gasteiger partial charge in [0.15, 0.2) is 11.5 Å². The normalized spacial score (nSPS) is 12.5. The molecule has 3 rings (SSSR count). The Labute approximate surface area is 101 Å². The molecule has 17 heavy (non-hydrogen) atoms. The predicted octanol–water partition coefficient (Wildman–Crippen LogP) is 2.59. The van der Waals surface area contributed by atoms with Gasteiger partial charge in [-0.05, 0) is 12.1 Å². The molecule has 5 nitrogen and oxygen atoms in total. The van der Waals surface area contributed by atoms with Gasteiger partial charge in [0.25, 0.3) is 0 Å². The molecule has 0 spiro atoms. The van der Waals surface area contributed by atoms with Crippen LogP contribution in [0, 0.1) is 0 Å². The summed E-state index contributed by atoms with van der Waals surface area (Å²) in [4.78, 5) is 10.9. The average Bonchev–Trinajstić information content (AvgIpc) is 2.73. The van der Waals surface area contributed by atoms with E-state index < -0.39 is 5.97 Å². The van der Waals surface area contributed by atoms with E-state index in [4.69, 9.17) is 26.0 Å². The number of para-hydroxylation sites is 1. The zero-order chi connectivity index (χ0) is 12.0. The van der Waals surface area contributed by atoms with Crippen LogP contribution in [0.3, 0.4) is 0 Å². The van der Waals surface area contributed by atoms with Crippen molar-refractivity contribution in [3.05, 3.63) is 34.5 Å². The molecule has 0 radical (unpaired) electrons. The lowest BCUT2D eigenvalue weighted by atomic mass is 10.0. The van der Waals surface area contributed by atoms with Crippen LogP contribution in [0.15, 0.2) is 22.7 Å². The number of hydrogen-bond donors (Lipinski definition) is 1. The summed E-state index contributed by atoms with van der Waals surface area (Å²) in [7, 11) is 0. The number of carboxylic acid groups (broad SMARTS) is 1. The smallest absolute Gasteiger partial charge is 0.358 e. The minimum atomic E-state index is -1.14. The third-order valence-electron chi connectivity index (χ3n) is 2.56. The molecule has 0 aliphatic carbocycles. The van der Waals surface area contributed by atoms with Gasteiger partial charge in [-0.2, -0.15) is 0 Å². The van der Waals surface area contributed by atoms with Gasteiger partial charge >= 0.3 is 5.97 Å². The van der Waals surface area contributed by atoms with Crippen LogP contribution in [0.4, 0.5) is 0 Å². The number of ether oxygens (including phenoxy) is 1. The molecule has 1 N–H and O–H groups in total. The molecule has 1 aromatic heterocycles. The lowest BCUT2D eigenvalue weighted by Gasteiger charge is -2.16. The molecule has 0 atom stereocenters. The molecular formula is C11H6ClNO4. The van der Waals surface area contributed by atoms with E-state index in [-0.39, 0.29) is 12.3 Å². The van der Waals surface area contributed by atoms with Gasteiger partial charge in [-0.3, -0.25) is 0 Å². The summed E-state index contributed by atoms with van der Waals surface area (Å²) in [6.07, 6.45) is 0. The number of aromatic carboxylic acids is 1. The second-order valence-electron chi connectivity index (χ2n) is 3.55. The molecule has 6 heteroatoms. The number of fused-ring (bicyclic) bond motifs is 3. The van der Waals surface area contributed by atoms with Crippen LogP contribution in [0.25, 0.3) is 11.3 Å². The number of hydrogen-bond acceptors (Lipinski definition) is 4. The third-order valence-corrected chi connectivity index (χ3v) is 2.86. The van der Waals surface area contributed by atoms with Gasteiger partial charge in [-0.25, -0.2) is 4.79 Å². The Kier molecular flexibility index (Phi) is 2.09. The van der Waals surface area contributed by atoms with Crippen LogP contribution in [0.1, 0.15) is 16.1 Å².